The Morgan fingerprint density at radius 2 is 1.89 bits per heavy atom. The van der Waals surface area contributed by atoms with E-state index in [1.165, 1.54) is 12.5 Å². The van der Waals surface area contributed by atoms with Crippen LogP contribution in [-0.4, -0.2) is 60.2 Å². The second-order valence-electron chi connectivity index (χ2n) is 7.06. The number of piperidine rings is 1. The highest BCUT2D eigenvalue weighted by Gasteiger charge is 2.40. The van der Waals surface area contributed by atoms with Crippen molar-refractivity contribution in [3.8, 4) is 0 Å². The molecule has 0 bridgehead atoms. The largest absolute Gasteiger partial charge is 0.472 e. The van der Waals surface area contributed by atoms with E-state index in [4.69, 9.17) is 18.3 Å². The van der Waals surface area contributed by atoms with Crippen molar-refractivity contribution in [1.82, 2.24) is 9.80 Å². The molecule has 8 heteroatoms. The van der Waals surface area contributed by atoms with Gasteiger partial charge in [-0.3, -0.25) is 9.59 Å². The Bertz CT molecular complexity index is 770. The molecule has 0 unspecified atom stereocenters. The highest BCUT2D eigenvalue weighted by molar-refractivity contribution is 5.94. The van der Waals surface area contributed by atoms with E-state index in [0.717, 1.165) is 0 Å². The Morgan fingerprint density at radius 3 is 2.54 bits per heavy atom. The van der Waals surface area contributed by atoms with Gasteiger partial charge in [0.05, 0.1) is 37.8 Å². The lowest BCUT2D eigenvalue weighted by Gasteiger charge is -2.37. The van der Waals surface area contributed by atoms with Crippen LogP contribution in [0.2, 0.25) is 0 Å². The van der Waals surface area contributed by atoms with Crippen LogP contribution < -0.4 is 0 Å². The van der Waals surface area contributed by atoms with E-state index in [9.17, 15) is 9.59 Å². The number of carbonyl (C=O) groups is 2. The SMILES string of the molecule is O=C(CCN(Cc1ccco1)C(=O)c1ccoc1)N1CCC2(CC1)OCCO2. The minimum Gasteiger partial charge on any atom is -0.472 e. The van der Waals surface area contributed by atoms with Crippen molar-refractivity contribution in [3.63, 3.8) is 0 Å². The molecule has 0 radical (unpaired) electrons. The Kier molecular flexibility index (Phi) is 5.50. The fourth-order valence-electron chi connectivity index (χ4n) is 3.68. The van der Waals surface area contributed by atoms with E-state index in [0.29, 0.717) is 63.6 Å². The normalized spacial score (nSPS) is 18.5. The van der Waals surface area contributed by atoms with Crippen molar-refractivity contribution in [2.75, 3.05) is 32.8 Å². The molecule has 2 aliphatic rings. The first-order valence-electron chi connectivity index (χ1n) is 9.55. The van der Waals surface area contributed by atoms with Crippen molar-refractivity contribution in [1.29, 1.82) is 0 Å². The summed E-state index contributed by atoms with van der Waals surface area (Å²) in [5.41, 5.74) is 0.453. The Labute approximate surface area is 163 Å². The molecule has 2 aromatic heterocycles. The van der Waals surface area contributed by atoms with Gasteiger partial charge in [0.1, 0.15) is 12.0 Å². The molecule has 1 spiro atoms. The van der Waals surface area contributed by atoms with Crippen molar-refractivity contribution in [2.45, 2.75) is 31.6 Å². The van der Waals surface area contributed by atoms with E-state index in [2.05, 4.69) is 0 Å². The molecule has 0 aliphatic carbocycles. The highest BCUT2D eigenvalue weighted by atomic mass is 16.7. The monoisotopic (exact) mass is 388 g/mol. The molecular formula is C20H24N2O6. The van der Waals surface area contributed by atoms with Crippen LogP contribution in [0.25, 0.3) is 0 Å². The van der Waals surface area contributed by atoms with Gasteiger partial charge in [0.15, 0.2) is 5.79 Å². The second-order valence-corrected chi connectivity index (χ2v) is 7.06. The van der Waals surface area contributed by atoms with E-state index in [1.54, 1.807) is 23.3 Å². The van der Waals surface area contributed by atoms with Crippen LogP contribution in [0.1, 0.15) is 35.4 Å². The Hall–Kier alpha value is -2.58. The second kappa shape index (κ2) is 8.20. The molecule has 150 valence electrons. The molecule has 2 saturated heterocycles. The van der Waals surface area contributed by atoms with Crippen LogP contribution in [0.4, 0.5) is 0 Å². The third-order valence-corrected chi connectivity index (χ3v) is 5.27. The predicted molar refractivity (Wildman–Crippen MR) is 97.2 cm³/mol. The van der Waals surface area contributed by atoms with Gasteiger partial charge in [-0.25, -0.2) is 0 Å². The number of amides is 2. The molecule has 2 aromatic rings. The molecular weight excluding hydrogens is 364 g/mol. The molecule has 28 heavy (non-hydrogen) atoms. The average molecular weight is 388 g/mol. The minimum absolute atomic E-state index is 0.0253. The summed E-state index contributed by atoms with van der Waals surface area (Å²) in [5.74, 6) is -0.000341. The molecule has 4 rings (SSSR count). The zero-order valence-corrected chi connectivity index (χ0v) is 15.7. The Balaban J connectivity index is 1.34. The average Bonchev–Trinajstić information content (AvgIpc) is 3.48. The van der Waals surface area contributed by atoms with Crippen LogP contribution in [0.5, 0.6) is 0 Å². The zero-order valence-electron chi connectivity index (χ0n) is 15.7. The highest BCUT2D eigenvalue weighted by Crippen LogP contribution is 2.31. The third-order valence-electron chi connectivity index (χ3n) is 5.27. The molecule has 4 heterocycles. The summed E-state index contributed by atoms with van der Waals surface area (Å²) in [6.07, 6.45) is 6.05. The van der Waals surface area contributed by atoms with Gasteiger partial charge < -0.3 is 28.1 Å². The molecule has 2 fully saturated rings. The maximum Gasteiger partial charge on any atom is 0.257 e. The summed E-state index contributed by atoms with van der Waals surface area (Å²) in [5, 5.41) is 0. The first-order chi connectivity index (χ1) is 13.7. The summed E-state index contributed by atoms with van der Waals surface area (Å²) >= 11 is 0. The molecule has 0 aromatic carbocycles. The molecule has 0 atom stereocenters. The molecule has 2 amide bonds. The molecule has 2 aliphatic heterocycles. The lowest BCUT2D eigenvalue weighted by atomic mass is 10.0. The smallest absolute Gasteiger partial charge is 0.257 e. The van der Waals surface area contributed by atoms with Gasteiger partial charge in [-0.15, -0.1) is 0 Å². The molecule has 8 nitrogen and oxygen atoms in total. The van der Waals surface area contributed by atoms with Crippen molar-refractivity contribution in [3.05, 3.63) is 48.3 Å². The summed E-state index contributed by atoms with van der Waals surface area (Å²) < 4.78 is 21.8. The summed E-state index contributed by atoms with van der Waals surface area (Å²) in [7, 11) is 0. The van der Waals surface area contributed by atoms with E-state index >= 15 is 0 Å². The zero-order chi connectivity index (χ0) is 19.4. The van der Waals surface area contributed by atoms with Gasteiger partial charge in [-0.05, 0) is 18.2 Å². The van der Waals surface area contributed by atoms with E-state index < -0.39 is 5.79 Å². The number of rotatable bonds is 6. The number of hydrogen-bond acceptors (Lipinski definition) is 6. The van der Waals surface area contributed by atoms with Crippen LogP contribution in [0.3, 0.4) is 0 Å². The quantitative estimate of drug-likeness (QED) is 0.755. The van der Waals surface area contributed by atoms with Crippen molar-refractivity contribution < 1.29 is 27.9 Å². The van der Waals surface area contributed by atoms with Crippen molar-refractivity contribution in [2.24, 2.45) is 0 Å². The van der Waals surface area contributed by atoms with Gasteiger partial charge in [0, 0.05) is 38.9 Å². The predicted octanol–water partition coefficient (Wildman–Crippen LogP) is 2.27. The van der Waals surface area contributed by atoms with Gasteiger partial charge >= 0.3 is 0 Å². The number of carbonyl (C=O) groups excluding carboxylic acids is 2. The van der Waals surface area contributed by atoms with Crippen LogP contribution in [-0.2, 0) is 20.8 Å². The van der Waals surface area contributed by atoms with Gasteiger partial charge in [0.2, 0.25) is 5.91 Å². The maximum atomic E-state index is 12.8. The minimum atomic E-state index is -0.501. The van der Waals surface area contributed by atoms with E-state index in [1.807, 2.05) is 11.0 Å². The lowest BCUT2D eigenvalue weighted by Crippen LogP contribution is -2.48. The van der Waals surface area contributed by atoms with Gasteiger partial charge in [0.25, 0.3) is 5.91 Å². The maximum absolute atomic E-state index is 12.8. The Morgan fingerprint density at radius 1 is 1.11 bits per heavy atom. The lowest BCUT2D eigenvalue weighted by molar-refractivity contribution is -0.187. The molecule has 0 N–H and O–H groups in total. The standard InChI is InChI=1S/C20H24N2O6/c23-18(21-8-5-20(6-9-21)27-12-13-28-20)3-7-22(14-17-2-1-10-26-17)19(24)16-4-11-25-15-16/h1-2,4,10-11,15H,3,5-9,12-14H2. The van der Waals surface area contributed by atoms with Crippen LogP contribution in [0.15, 0.2) is 45.8 Å². The number of likely N-dealkylation sites (tertiary alicyclic amines) is 1. The summed E-state index contributed by atoms with van der Waals surface area (Å²) in [4.78, 5) is 28.9. The summed E-state index contributed by atoms with van der Waals surface area (Å²) in [6, 6.07) is 5.20. The van der Waals surface area contributed by atoms with Gasteiger partial charge in [-0.1, -0.05) is 0 Å². The van der Waals surface area contributed by atoms with Crippen LogP contribution in [0, 0.1) is 0 Å². The number of furan rings is 2. The fourth-order valence-corrected chi connectivity index (χ4v) is 3.68. The molecule has 0 saturated carbocycles. The van der Waals surface area contributed by atoms with Crippen molar-refractivity contribution >= 4 is 11.8 Å². The third kappa shape index (κ3) is 4.13. The first-order valence-corrected chi connectivity index (χ1v) is 9.55. The van der Waals surface area contributed by atoms with E-state index in [-0.39, 0.29) is 18.2 Å². The number of hydrogen-bond donors (Lipinski definition) is 0. The topological polar surface area (TPSA) is 85.4 Å². The number of nitrogens with zero attached hydrogens (tertiary/aromatic N) is 2. The van der Waals surface area contributed by atoms with Crippen LogP contribution >= 0.6 is 0 Å². The van der Waals surface area contributed by atoms with Gasteiger partial charge in [-0.2, -0.15) is 0 Å². The summed E-state index contributed by atoms with van der Waals surface area (Å²) in [6.45, 7) is 3.05. The first kappa shape index (κ1) is 18.8. The fraction of sp³-hybridized carbons (Fsp3) is 0.500. The number of ether oxygens (including phenoxy) is 2.